The fraction of sp³-hybridized carbons (Fsp3) is 0.154. The first kappa shape index (κ1) is 16.0. The Kier molecular flexibility index (Phi) is 5.02. The molecule has 2 rings (SSSR count). The second-order valence-electron chi connectivity index (χ2n) is 4.18. The van der Waals surface area contributed by atoms with E-state index in [9.17, 15) is 14.7 Å². The molecule has 0 aromatic heterocycles. The van der Waals surface area contributed by atoms with E-state index in [-0.39, 0.29) is 24.6 Å². The van der Waals surface area contributed by atoms with Crippen LogP contribution in [0.5, 0.6) is 5.75 Å². The number of phenols is 1. The number of hydrogen-bond donors (Lipinski definition) is 2. The largest absolute Gasteiger partial charge is 0.507 e. The van der Waals surface area contributed by atoms with E-state index in [0.29, 0.717) is 14.8 Å². The summed E-state index contributed by atoms with van der Waals surface area (Å²) in [4.78, 5) is 24.4. The summed E-state index contributed by atoms with van der Waals surface area (Å²) in [6, 6.07) is 4.88. The number of halogens is 1. The van der Waals surface area contributed by atoms with Gasteiger partial charge in [-0.2, -0.15) is 0 Å². The van der Waals surface area contributed by atoms with Crippen LogP contribution in [0.25, 0.3) is 6.08 Å². The Morgan fingerprint density at radius 2 is 2.19 bits per heavy atom. The van der Waals surface area contributed by atoms with Crippen LogP contribution in [0.15, 0.2) is 27.6 Å². The number of benzene rings is 1. The SMILES string of the molecule is O=C(O)CCN1C(=O)/C(=C\c2cc(Br)ccc2O)SC1=S. The second kappa shape index (κ2) is 6.59. The van der Waals surface area contributed by atoms with Crippen LogP contribution in [0, 0.1) is 0 Å². The van der Waals surface area contributed by atoms with Gasteiger partial charge < -0.3 is 10.2 Å². The van der Waals surface area contributed by atoms with Gasteiger partial charge in [-0.25, -0.2) is 0 Å². The zero-order valence-electron chi connectivity index (χ0n) is 10.6. The molecule has 21 heavy (non-hydrogen) atoms. The highest BCUT2D eigenvalue weighted by molar-refractivity contribution is 9.10. The van der Waals surface area contributed by atoms with E-state index in [1.54, 1.807) is 18.2 Å². The van der Waals surface area contributed by atoms with Crippen molar-refractivity contribution < 1.29 is 19.8 Å². The van der Waals surface area contributed by atoms with E-state index in [2.05, 4.69) is 15.9 Å². The van der Waals surface area contributed by atoms with Crippen molar-refractivity contribution in [2.24, 2.45) is 0 Å². The third-order valence-corrected chi connectivity index (χ3v) is 4.57. The van der Waals surface area contributed by atoms with Crippen LogP contribution in [-0.4, -0.2) is 37.9 Å². The van der Waals surface area contributed by atoms with E-state index in [1.165, 1.54) is 11.0 Å². The summed E-state index contributed by atoms with van der Waals surface area (Å²) >= 11 is 9.47. The quantitative estimate of drug-likeness (QED) is 0.610. The molecule has 0 unspecified atom stereocenters. The molecule has 0 spiro atoms. The fourth-order valence-electron chi connectivity index (χ4n) is 1.68. The highest BCUT2D eigenvalue weighted by Gasteiger charge is 2.32. The fourth-order valence-corrected chi connectivity index (χ4v) is 3.36. The molecule has 0 atom stereocenters. The number of carboxylic acids is 1. The summed E-state index contributed by atoms with van der Waals surface area (Å²) in [6.45, 7) is 0.0435. The van der Waals surface area contributed by atoms with E-state index >= 15 is 0 Å². The molecule has 110 valence electrons. The number of phenolic OH excluding ortho intramolecular Hbond substituents is 1. The lowest BCUT2D eigenvalue weighted by molar-refractivity contribution is -0.137. The maximum atomic E-state index is 12.2. The average molecular weight is 388 g/mol. The summed E-state index contributed by atoms with van der Waals surface area (Å²) in [6.07, 6.45) is 1.38. The topological polar surface area (TPSA) is 77.8 Å². The second-order valence-corrected chi connectivity index (χ2v) is 6.77. The number of carbonyl (C=O) groups is 2. The first-order chi connectivity index (χ1) is 9.88. The molecule has 0 radical (unpaired) electrons. The van der Waals surface area contributed by atoms with Crippen LogP contribution in [-0.2, 0) is 9.59 Å². The van der Waals surface area contributed by atoms with Gasteiger partial charge in [0.25, 0.3) is 5.91 Å². The third kappa shape index (κ3) is 3.84. The molecular formula is C13H10BrNO4S2. The van der Waals surface area contributed by atoms with Crippen LogP contribution < -0.4 is 0 Å². The van der Waals surface area contributed by atoms with Crippen LogP contribution >= 0.6 is 39.9 Å². The van der Waals surface area contributed by atoms with Gasteiger partial charge in [0.1, 0.15) is 10.1 Å². The van der Waals surface area contributed by atoms with Crippen LogP contribution in [0.4, 0.5) is 0 Å². The van der Waals surface area contributed by atoms with Gasteiger partial charge in [-0.1, -0.05) is 39.9 Å². The number of thioether (sulfide) groups is 1. The standard InChI is InChI=1S/C13H10BrNO4S2/c14-8-1-2-9(16)7(5-8)6-10-12(19)15(13(20)21-10)4-3-11(17)18/h1-2,5-6,16H,3-4H2,(H,17,18)/b10-6+. The molecule has 0 saturated carbocycles. The number of amides is 1. The lowest BCUT2D eigenvalue weighted by Crippen LogP contribution is -2.30. The number of hydrogen-bond acceptors (Lipinski definition) is 5. The first-order valence-electron chi connectivity index (χ1n) is 5.84. The molecule has 5 nitrogen and oxygen atoms in total. The molecule has 0 aliphatic carbocycles. The molecule has 2 N–H and O–H groups in total. The Morgan fingerprint density at radius 3 is 2.86 bits per heavy atom. The molecule has 1 amide bonds. The van der Waals surface area contributed by atoms with Gasteiger partial charge in [-0.3, -0.25) is 14.5 Å². The molecule has 1 heterocycles. The molecule has 1 fully saturated rings. The summed E-state index contributed by atoms with van der Waals surface area (Å²) in [7, 11) is 0. The number of rotatable bonds is 4. The van der Waals surface area contributed by atoms with Crippen molar-refractivity contribution in [3.63, 3.8) is 0 Å². The number of carboxylic acid groups (broad SMARTS) is 1. The van der Waals surface area contributed by atoms with Gasteiger partial charge in [0.2, 0.25) is 0 Å². The Morgan fingerprint density at radius 1 is 1.48 bits per heavy atom. The lowest BCUT2D eigenvalue weighted by Gasteiger charge is -2.12. The number of aromatic hydroxyl groups is 1. The minimum absolute atomic E-state index is 0.0435. The number of thiocarbonyl (C=S) groups is 1. The molecule has 0 bridgehead atoms. The molecular weight excluding hydrogens is 378 g/mol. The molecule has 8 heteroatoms. The average Bonchev–Trinajstić information content (AvgIpc) is 2.66. The highest BCUT2D eigenvalue weighted by Crippen LogP contribution is 2.34. The van der Waals surface area contributed by atoms with Crippen molar-refractivity contribution in [1.82, 2.24) is 4.90 Å². The molecule has 1 aromatic rings. The Hall–Kier alpha value is -1.38. The smallest absolute Gasteiger partial charge is 0.305 e. The minimum Gasteiger partial charge on any atom is -0.507 e. The zero-order valence-corrected chi connectivity index (χ0v) is 13.8. The van der Waals surface area contributed by atoms with Crippen molar-refractivity contribution in [2.45, 2.75) is 6.42 Å². The van der Waals surface area contributed by atoms with Gasteiger partial charge in [0.15, 0.2) is 0 Å². The van der Waals surface area contributed by atoms with Crippen molar-refractivity contribution in [3.05, 3.63) is 33.1 Å². The monoisotopic (exact) mass is 387 g/mol. The number of aliphatic carboxylic acids is 1. The van der Waals surface area contributed by atoms with Crippen molar-refractivity contribution >= 4 is 62.2 Å². The van der Waals surface area contributed by atoms with E-state index < -0.39 is 5.97 Å². The van der Waals surface area contributed by atoms with Crippen molar-refractivity contribution in [1.29, 1.82) is 0 Å². The van der Waals surface area contributed by atoms with Crippen LogP contribution in [0.3, 0.4) is 0 Å². The van der Waals surface area contributed by atoms with Gasteiger partial charge in [-0.05, 0) is 24.3 Å². The molecule has 1 aliphatic heterocycles. The molecule has 1 aromatic carbocycles. The van der Waals surface area contributed by atoms with Gasteiger partial charge >= 0.3 is 5.97 Å². The minimum atomic E-state index is -0.988. The van der Waals surface area contributed by atoms with Gasteiger partial charge in [0.05, 0.1) is 11.3 Å². The summed E-state index contributed by atoms with van der Waals surface area (Å²) in [5.41, 5.74) is 0.489. The Bertz CT molecular complexity index is 660. The predicted octanol–water partition coefficient (Wildman–Crippen LogP) is 2.83. The van der Waals surface area contributed by atoms with E-state index in [0.717, 1.165) is 16.2 Å². The Balaban J connectivity index is 2.23. The maximum Gasteiger partial charge on any atom is 0.305 e. The lowest BCUT2D eigenvalue weighted by atomic mass is 10.2. The molecule has 1 aliphatic rings. The normalized spacial score (nSPS) is 16.8. The zero-order chi connectivity index (χ0) is 15.6. The number of carbonyl (C=O) groups excluding carboxylic acids is 1. The summed E-state index contributed by atoms with van der Waals surface area (Å²) in [5.74, 6) is -1.28. The Labute approximate surface area is 138 Å². The number of nitrogens with zero attached hydrogens (tertiary/aromatic N) is 1. The van der Waals surface area contributed by atoms with Gasteiger partial charge in [-0.15, -0.1) is 0 Å². The van der Waals surface area contributed by atoms with Crippen LogP contribution in [0.2, 0.25) is 0 Å². The predicted molar refractivity (Wildman–Crippen MR) is 87.9 cm³/mol. The maximum absolute atomic E-state index is 12.2. The third-order valence-electron chi connectivity index (χ3n) is 2.70. The summed E-state index contributed by atoms with van der Waals surface area (Å²) < 4.78 is 1.09. The van der Waals surface area contributed by atoms with E-state index in [1.807, 2.05) is 0 Å². The van der Waals surface area contributed by atoms with Crippen molar-refractivity contribution in [3.8, 4) is 5.75 Å². The highest BCUT2D eigenvalue weighted by atomic mass is 79.9. The van der Waals surface area contributed by atoms with E-state index in [4.69, 9.17) is 17.3 Å². The summed E-state index contributed by atoms with van der Waals surface area (Å²) in [5, 5.41) is 18.5. The van der Waals surface area contributed by atoms with Crippen LogP contribution in [0.1, 0.15) is 12.0 Å². The van der Waals surface area contributed by atoms with Crippen molar-refractivity contribution in [2.75, 3.05) is 6.54 Å². The molecule has 1 saturated heterocycles. The first-order valence-corrected chi connectivity index (χ1v) is 7.86. The van der Waals surface area contributed by atoms with Gasteiger partial charge in [0, 0.05) is 16.6 Å².